The molecular formula is C8H9BrN2O. The predicted octanol–water partition coefficient (Wildman–Crippen LogP) is 1.82. The van der Waals surface area contributed by atoms with Gasteiger partial charge in [0.25, 0.3) is 0 Å². The molecule has 1 aliphatic rings. The first kappa shape index (κ1) is 7.86. The van der Waals surface area contributed by atoms with Gasteiger partial charge >= 0.3 is 0 Å². The number of rotatable bonds is 1. The largest absolute Gasteiger partial charge is 0.480 e. The van der Waals surface area contributed by atoms with Gasteiger partial charge in [-0.25, -0.2) is 4.98 Å². The highest BCUT2D eigenvalue weighted by Gasteiger charge is 2.16. The molecule has 0 radical (unpaired) electrons. The second-order valence-corrected chi connectivity index (χ2v) is 3.44. The quantitative estimate of drug-likeness (QED) is 0.797. The Balaban J connectivity index is 2.54. The van der Waals surface area contributed by atoms with E-state index in [9.17, 15) is 0 Å². The van der Waals surface area contributed by atoms with E-state index >= 15 is 0 Å². The summed E-state index contributed by atoms with van der Waals surface area (Å²) in [6, 6.07) is 0. The maximum Gasteiger partial charge on any atom is 0.228 e. The third kappa shape index (κ3) is 1.06. The lowest BCUT2D eigenvalue weighted by molar-refractivity contribution is 0.394. The Kier molecular flexibility index (Phi) is 1.92. The van der Waals surface area contributed by atoms with E-state index in [1.54, 1.807) is 7.11 Å². The summed E-state index contributed by atoms with van der Waals surface area (Å²) in [6.07, 6.45) is 2.85. The van der Waals surface area contributed by atoms with Gasteiger partial charge in [-0.3, -0.25) is 0 Å². The zero-order valence-corrected chi connectivity index (χ0v) is 8.31. The van der Waals surface area contributed by atoms with Crippen LogP contribution >= 0.6 is 15.9 Å². The minimum atomic E-state index is 0.664. The molecule has 2 rings (SSSR count). The first-order valence-corrected chi connectivity index (χ1v) is 4.57. The molecule has 3 nitrogen and oxygen atoms in total. The van der Waals surface area contributed by atoms with Crippen LogP contribution in [0.5, 0.6) is 5.88 Å². The van der Waals surface area contributed by atoms with Crippen LogP contribution in [0.2, 0.25) is 0 Å². The molecule has 0 aromatic carbocycles. The fourth-order valence-corrected chi connectivity index (χ4v) is 2.04. The van der Waals surface area contributed by atoms with Gasteiger partial charge in [-0.15, -0.1) is 0 Å². The monoisotopic (exact) mass is 228 g/mol. The molecule has 0 saturated heterocycles. The molecule has 12 heavy (non-hydrogen) atoms. The first-order chi connectivity index (χ1) is 5.83. The number of nitrogens with one attached hydrogen (secondary N) is 1. The van der Waals surface area contributed by atoms with Crippen LogP contribution in [-0.2, 0) is 6.42 Å². The number of anilines is 1. The molecule has 0 bridgehead atoms. The maximum atomic E-state index is 5.08. The van der Waals surface area contributed by atoms with Crippen molar-refractivity contribution in [2.24, 2.45) is 0 Å². The summed E-state index contributed by atoms with van der Waals surface area (Å²) < 4.78 is 6.06. The van der Waals surface area contributed by atoms with Crippen molar-refractivity contribution in [2.45, 2.75) is 6.42 Å². The van der Waals surface area contributed by atoms with Gasteiger partial charge in [0.05, 0.1) is 23.5 Å². The zero-order chi connectivity index (χ0) is 8.55. The van der Waals surface area contributed by atoms with Crippen molar-refractivity contribution in [2.75, 3.05) is 19.0 Å². The number of hydrogen-bond donors (Lipinski definition) is 1. The molecule has 0 unspecified atom stereocenters. The molecule has 0 saturated carbocycles. The molecule has 1 aromatic heterocycles. The molecule has 0 spiro atoms. The smallest absolute Gasteiger partial charge is 0.228 e. The summed E-state index contributed by atoms with van der Waals surface area (Å²) in [7, 11) is 1.63. The third-order valence-electron chi connectivity index (χ3n) is 1.97. The minimum absolute atomic E-state index is 0.664. The SMILES string of the molecule is COc1ncc2c(c1Br)CCN2. The van der Waals surface area contributed by atoms with Gasteiger partial charge < -0.3 is 10.1 Å². The maximum absolute atomic E-state index is 5.08. The van der Waals surface area contributed by atoms with E-state index in [1.165, 1.54) is 5.56 Å². The van der Waals surface area contributed by atoms with Crippen molar-refractivity contribution >= 4 is 21.6 Å². The number of methoxy groups -OCH3 is 1. The Bertz CT molecular complexity index is 314. The van der Waals surface area contributed by atoms with E-state index in [4.69, 9.17) is 4.74 Å². The number of hydrogen-bond acceptors (Lipinski definition) is 3. The molecule has 0 fully saturated rings. The van der Waals surface area contributed by atoms with Crippen molar-refractivity contribution in [1.82, 2.24) is 4.98 Å². The minimum Gasteiger partial charge on any atom is -0.480 e. The van der Waals surface area contributed by atoms with E-state index in [0.29, 0.717) is 5.88 Å². The van der Waals surface area contributed by atoms with Crippen molar-refractivity contribution in [1.29, 1.82) is 0 Å². The number of pyridine rings is 1. The zero-order valence-electron chi connectivity index (χ0n) is 6.72. The van der Waals surface area contributed by atoms with Crippen LogP contribution in [0.15, 0.2) is 10.7 Å². The number of fused-ring (bicyclic) bond motifs is 1. The van der Waals surface area contributed by atoms with Gasteiger partial charge in [0.15, 0.2) is 0 Å². The van der Waals surface area contributed by atoms with Gasteiger partial charge in [-0.2, -0.15) is 0 Å². The van der Waals surface area contributed by atoms with Crippen molar-refractivity contribution in [3.63, 3.8) is 0 Å². The second kappa shape index (κ2) is 2.94. The van der Waals surface area contributed by atoms with Gasteiger partial charge in [-0.1, -0.05) is 0 Å². The lowest BCUT2D eigenvalue weighted by Gasteiger charge is -2.05. The topological polar surface area (TPSA) is 34.1 Å². The Morgan fingerprint density at radius 3 is 3.25 bits per heavy atom. The normalized spacial score (nSPS) is 13.8. The van der Waals surface area contributed by atoms with Crippen LogP contribution in [0.25, 0.3) is 0 Å². The summed E-state index contributed by atoms with van der Waals surface area (Å²) in [6.45, 7) is 0.989. The van der Waals surface area contributed by atoms with Gasteiger partial charge in [0.2, 0.25) is 5.88 Å². The van der Waals surface area contributed by atoms with E-state index in [-0.39, 0.29) is 0 Å². The molecule has 2 heterocycles. The van der Waals surface area contributed by atoms with Crippen LogP contribution < -0.4 is 10.1 Å². The average Bonchev–Trinajstić information content (AvgIpc) is 2.53. The highest BCUT2D eigenvalue weighted by Crippen LogP contribution is 2.34. The van der Waals surface area contributed by atoms with Crippen molar-refractivity contribution in [3.05, 3.63) is 16.2 Å². The molecule has 1 N–H and O–H groups in total. The lowest BCUT2D eigenvalue weighted by Crippen LogP contribution is -1.92. The van der Waals surface area contributed by atoms with E-state index in [1.807, 2.05) is 6.20 Å². The number of ether oxygens (including phenoxy) is 1. The van der Waals surface area contributed by atoms with Gasteiger partial charge in [-0.05, 0) is 27.9 Å². The fraction of sp³-hybridized carbons (Fsp3) is 0.375. The van der Waals surface area contributed by atoms with Crippen LogP contribution in [0.3, 0.4) is 0 Å². The summed E-state index contributed by atoms with van der Waals surface area (Å²) in [5, 5.41) is 3.24. The van der Waals surface area contributed by atoms with Gasteiger partial charge in [0.1, 0.15) is 0 Å². The molecular weight excluding hydrogens is 220 g/mol. The molecule has 0 aliphatic carbocycles. The highest BCUT2D eigenvalue weighted by atomic mass is 79.9. The summed E-state index contributed by atoms with van der Waals surface area (Å²) in [4.78, 5) is 4.14. The van der Waals surface area contributed by atoms with Crippen LogP contribution in [0.1, 0.15) is 5.56 Å². The number of nitrogens with zero attached hydrogens (tertiary/aromatic N) is 1. The molecule has 64 valence electrons. The van der Waals surface area contributed by atoms with Crippen LogP contribution in [0.4, 0.5) is 5.69 Å². The second-order valence-electron chi connectivity index (χ2n) is 2.65. The van der Waals surface area contributed by atoms with Crippen molar-refractivity contribution in [3.8, 4) is 5.88 Å². The van der Waals surface area contributed by atoms with Crippen molar-refractivity contribution < 1.29 is 4.74 Å². The average molecular weight is 229 g/mol. The van der Waals surface area contributed by atoms with E-state index < -0.39 is 0 Å². The van der Waals surface area contributed by atoms with E-state index in [2.05, 4.69) is 26.2 Å². The predicted molar refractivity (Wildman–Crippen MR) is 50.7 cm³/mol. The Morgan fingerprint density at radius 2 is 2.50 bits per heavy atom. The van der Waals surface area contributed by atoms with Crippen LogP contribution in [0, 0.1) is 0 Å². The van der Waals surface area contributed by atoms with Gasteiger partial charge in [0, 0.05) is 6.54 Å². The fourth-order valence-electron chi connectivity index (χ4n) is 1.37. The lowest BCUT2D eigenvalue weighted by atomic mass is 10.2. The summed E-state index contributed by atoms with van der Waals surface area (Å²) in [5.74, 6) is 0.664. The highest BCUT2D eigenvalue weighted by molar-refractivity contribution is 9.10. The van der Waals surface area contributed by atoms with E-state index in [0.717, 1.165) is 23.1 Å². The molecule has 0 amide bonds. The first-order valence-electron chi connectivity index (χ1n) is 3.78. The number of halogens is 1. The number of aromatic nitrogens is 1. The Morgan fingerprint density at radius 1 is 1.67 bits per heavy atom. The molecule has 1 aromatic rings. The molecule has 4 heteroatoms. The Labute approximate surface area is 79.3 Å². The van der Waals surface area contributed by atoms with Crippen LogP contribution in [-0.4, -0.2) is 18.6 Å². The summed E-state index contributed by atoms with van der Waals surface area (Å²) in [5.41, 5.74) is 2.38. The Hall–Kier alpha value is -0.770. The summed E-state index contributed by atoms with van der Waals surface area (Å²) >= 11 is 3.46. The molecule has 1 aliphatic heterocycles. The molecule has 0 atom stereocenters. The standard InChI is InChI=1S/C8H9BrN2O/c1-12-8-7(9)5-2-3-10-6(5)4-11-8/h4,10H,2-3H2,1H3. The third-order valence-corrected chi connectivity index (χ3v) is 2.79.